The highest BCUT2D eigenvalue weighted by atomic mass is 32.2. The van der Waals surface area contributed by atoms with Crippen molar-refractivity contribution in [1.29, 1.82) is 0 Å². The van der Waals surface area contributed by atoms with Crippen LogP contribution in [0, 0.1) is 0 Å². The van der Waals surface area contributed by atoms with Crippen molar-refractivity contribution in [2.24, 2.45) is 4.99 Å². The minimum Gasteiger partial charge on any atom is -0.311 e. The number of carbonyl (C=O) groups is 1. The summed E-state index contributed by atoms with van der Waals surface area (Å²) in [5.74, 6) is 0.142. The van der Waals surface area contributed by atoms with E-state index >= 15 is 0 Å². The zero-order chi connectivity index (χ0) is 18.7. The molecule has 1 aliphatic heterocycles. The van der Waals surface area contributed by atoms with Gasteiger partial charge in [-0.2, -0.15) is 0 Å². The number of hydrogen-bond acceptors (Lipinski definition) is 6. The quantitative estimate of drug-likeness (QED) is 0.885. The molecule has 8 nitrogen and oxygen atoms in total. The summed E-state index contributed by atoms with van der Waals surface area (Å²) in [5, 5.41) is 2.59. The van der Waals surface area contributed by atoms with E-state index in [0.29, 0.717) is 16.9 Å². The van der Waals surface area contributed by atoms with E-state index in [1.807, 2.05) is 0 Å². The first-order valence-corrected chi connectivity index (χ1v) is 9.20. The number of pyridine rings is 2. The number of carbonyl (C=O) groups excluding carboxylic acids is 1. The molecule has 0 radical (unpaired) electrons. The van der Waals surface area contributed by atoms with Gasteiger partial charge in [0, 0.05) is 43.0 Å². The first-order valence-electron chi connectivity index (χ1n) is 7.76. The Morgan fingerprint density at radius 3 is 2.73 bits per heavy atom. The van der Waals surface area contributed by atoms with E-state index in [0.717, 1.165) is 10.0 Å². The van der Waals surface area contributed by atoms with Crippen molar-refractivity contribution in [2.75, 3.05) is 12.0 Å². The summed E-state index contributed by atoms with van der Waals surface area (Å²) in [7, 11) is -3.75. The van der Waals surface area contributed by atoms with Gasteiger partial charge in [0.2, 0.25) is 5.91 Å². The lowest BCUT2D eigenvalue weighted by atomic mass is 10.1. The Kier molecular flexibility index (Phi) is 4.81. The molecule has 3 heterocycles. The predicted octanol–water partition coefficient (Wildman–Crippen LogP) is 2.04. The smallest absolute Gasteiger partial charge is 0.266 e. The van der Waals surface area contributed by atoms with Gasteiger partial charge < -0.3 is 5.32 Å². The minimum atomic E-state index is -3.75. The molecule has 0 unspecified atom stereocenters. The molecule has 3 rings (SSSR count). The molecule has 1 amide bonds. The van der Waals surface area contributed by atoms with Gasteiger partial charge in [-0.25, -0.2) is 13.4 Å². The number of aliphatic imine (C=N–C) groups is 1. The summed E-state index contributed by atoms with van der Waals surface area (Å²) in [6, 6.07) is 4.91. The summed E-state index contributed by atoms with van der Waals surface area (Å²) in [6.45, 7) is 3.23. The van der Waals surface area contributed by atoms with Gasteiger partial charge in [-0.1, -0.05) is 0 Å². The van der Waals surface area contributed by atoms with Crippen LogP contribution in [0.25, 0.3) is 11.1 Å². The van der Waals surface area contributed by atoms with Gasteiger partial charge in [-0.3, -0.25) is 19.1 Å². The van der Waals surface area contributed by atoms with Crippen molar-refractivity contribution in [3.8, 4) is 11.1 Å². The van der Waals surface area contributed by atoms with Gasteiger partial charge in [0.25, 0.3) is 10.0 Å². The zero-order valence-corrected chi connectivity index (χ0v) is 15.1. The van der Waals surface area contributed by atoms with Crippen molar-refractivity contribution in [3.63, 3.8) is 0 Å². The number of allylic oxidation sites excluding steroid dienone is 1. The van der Waals surface area contributed by atoms with Gasteiger partial charge in [-0.15, -0.1) is 0 Å². The van der Waals surface area contributed by atoms with Crippen LogP contribution in [0.3, 0.4) is 0 Å². The summed E-state index contributed by atoms with van der Waals surface area (Å²) >= 11 is 0. The van der Waals surface area contributed by atoms with Crippen molar-refractivity contribution in [2.45, 2.75) is 18.7 Å². The van der Waals surface area contributed by atoms with Crippen LogP contribution in [0.4, 0.5) is 5.82 Å². The standard InChI is InChI=1S/C17H17N5O3S/c1-12-4-6-22(11-20-12)26(24,25)16-7-15(9-18-10-16)14-3-5-19-17(8-14)21-13(2)23/h3-10H,11H2,1-2H3,(H,19,21,23). The third-order valence-electron chi connectivity index (χ3n) is 3.66. The van der Waals surface area contributed by atoms with E-state index in [1.165, 1.54) is 31.6 Å². The normalized spacial score (nSPS) is 14.1. The Hall–Kier alpha value is -3.07. The molecule has 26 heavy (non-hydrogen) atoms. The first-order chi connectivity index (χ1) is 12.4. The largest absolute Gasteiger partial charge is 0.311 e. The monoisotopic (exact) mass is 371 g/mol. The van der Waals surface area contributed by atoms with Crippen LogP contribution in [-0.2, 0) is 14.8 Å². The van der Waals surface area contributed by atoms with E-state index in [9.17, 15) is 13.2 Å². The molecule has 1 N–H and O–H groups in total. The summed E-state index contributed by atoms with van der Waals surface area (Å²) in [4.78, 5) is 23.5. The highest BCUT2D eigenvalue weighted by Gasteiger charge is 2.23. The Morgan fingerprint density at radius 1 is 1.23 bits per heavy atom. The zero-order valence-electron chi connectivity index (χ0n) is 14.2. The van der Waals surface area contributed by atoms with Crippen LogP contribution >= 0.6 is 0 Å². The number of aromatic nitrogens is 2. The van der Waals surface area contributed by atoms with E-state index in [-0.39, 0.29) is 17.5 Å². The number of amides is 1. The molecule has 134 valence electrons. The van der Waals surface area contributed by atoms with E-state index < -0.39 is 10.0 Å². The van der Waals surface area contributed by atoms with Crippen LogP contribution in [0.1, 0.15) is 13.8 Å². The van der Waals surface area contributed by atoms with Crippen LogP contribution in [0.2, 0.25) is 0 Å². The maximum atomic E-state index is 12.8. The maximum Gasteiger partial charge on any atom is 0.266 e. The second-order valence-corrected chi connectivity index (χ2v) is 7.56. The molecule has 0 saturated heterocycles. The van der Waals surface area contributed by atoms with Gasteiger partial charge in [0.15, 0.2) is 0 Å². The highest BCUT2D eigenvalue weighted by Crippen LogP contribution is 2.25. The fourth-order valence-electron chi connectivity index (χ4n) is 2.34. The number of nitrogens with zero attached hydrogens (tertiary/aromatic N) is 4. The Labute approximate surface area is 151 Å². The third-order valence-corrected chi connectivity index (χ3v) is 5.33. The average molecular weight is 371 g/mol. The lowest BCUT2D eigenvalue weighted by Gasteiger charge is -2.21. The number of anilines is 1. The van der Waals surface area contributed by atoms with Crippen LogP contribution < -0.4 is 5.32 Å². The maximum absolute atomic E-state index is 12.8. The fourth-order valence-corrected chi connectivity index (χ4v) is 3.51. The van der Waals surface area contributed by atoms with Crippen molar-refractivity contribution in [3.05, 3.63) is 49.1 Å². The van der Waals surface area contributed by atoms with Gasteiger partial charge in [0.05, 0.1) is 0 Å². The van der Waals surface area contributed by atoms with Crippen LogP contribution in [-0.4, -0.2) is 41.0 Å². The number of sulfonamides is 1. The molecule has 0 atom stereocenters. The molecule has 2 aromatic heterocycles. The molecule has 2 aromatic rings. The molecule has 0 fully saturated rings. The number of hydrogen-bond donors (Lipinski definition) is 1. The lowest BCUT2D eigenvalue weighted by molar-refractivity contribution is -0.114. The molecule has 0 saturated carbocycles. The average Bonchev–Trinajstić information content (AvgIpc) is 2.62. The highest BCUT2D eigenvalue weighted by molar-refractivity contribution is 7.89. The molecule has 0 spiro atoms. The van der Waals surface area contributed by atoms with E-state index in [4.69, 9.17) is 0 Å². The van der Waals surface area contributed by atoms with Crippen molar-refractivity contribution in [1.82, 2.24) is 14.3 Å². The van der Waals surface area contributed by atoms with Crippen molar-refractivity contribution < 1.29 is 13.2 Å². The van der Waals surface area contributed by atoms with Gasteiger partial charge >= 0.3 is 0 Å². The summed E-state index contributed by atoms with van der Waals surface area (Å²) < 4.78 is 26.7. The molecular formula is C17H17N5O3S. The first kappa shape index (κ1) is 17.7. The molecular weight excluding hydrogens is 354 g/mol. The second kappa shape index (κ2) is 7.04. The second-order valence-electron chi connectivity index (χ2n) is 5.67. The van der Waals surface area contributed by atoms with Crippen LogP contribution in [0.15, 0.2) is 59.0 Å². The SMILES string of the molecule is CC(=O)Nc1cc(-c2cncc(S(=O)(=O)N3C=CC(C)=NC3)c2)ccn1. The predicted molar refractivity (Wildman–Crippen MR) is 97.9 cm³/mol. The number of nitrogens with one attached hydrogen (secondary N) is 1. The van der Waals surface area contributed by atoms with Gasteiger partial charge in [-0.05, 0) is 36.8 Å². The minimum absolute atomic E-state index is 0.0385. The Bertz CT molecular complexity index is 1010. The lowest BCUT2D eigenvalue weighted by Crippen LogP contribution is -2.28. The van der Waals surface area contributed by atoms with Crippen molar-refractivity contribution >= 4 is 27.5 Å². The van der Waals surface area contributed by atoms with E-state index in [2.05, 4.69) is 20.3 Å². The topological polar surface area (TPSA) is 105 Å². The Balaban J connectivity index is 1.94. The van der Waals surface area contributed by atoms with Gasteiger partial charge in [0.1, 0.15) is 17.4 Å². The molecule has 9 heteroatoms. The molecule has 1 aliphatic rings. The molecule has 0 aromatic carbocycles. The summed E-state index contributed by atoms with van der Waals surface area (Å²) in [6.07, 6.45) is 7.52. The number of rotatable bonds is 4. The van der Waals surface area contributed by atoms with E-state index in [1.54, 1.807) is 31.3 Å². The van der Waals surface area contributed by atoms with Crippen LogP contribution in [0.5, 0.6) is 0 Å². The third kappa shape index (κ3) is 3.77. The Morgan fingerprint density at radius 2 is 2.04 bits per heavy atom. The fraction of sp³-hybridized carbons (Fsp3) is 0.176. The summed E-state index contributed by atoms with van der Waals surface area (Å²) in [5.41, 5.74) is 2.06. The molecule has 0 bridgehead atoms. The molecule has 0 aliphatic carbocycles.